The molecule has 0 spiro atoms. The van der Waals surface area contributed by atoms with E-state index in [1.54, 1.807) is 0 Å². The first kappa shape index (κ1) is 27.5. The summed E-state index contributed by atoms with van der Waals surface area (Å²) in [6, 6.07) is 16.3. The van der Waals surface area contributed by atoms with Crippen LogP contribution in [-0.4, -0.2) is 49.8 Å². The Hall–Kier alpha value is -4.04. The minimum atomic E-state index is -0.323. The minimum Gasteiger partial charge on any atom is -0.464 e. The number of ether oxygens (including phenoxy) is 2. The van der Waals surface area contributed by atoms with Crippen LogP contribution in [0.4, 0.5) is 5.69 Å². The Balaban J connectivity index is 1.76. The zero-order chi connectivity index (χ0) is 26.6. The number of hydrogen-bond acceptors (Lipinski definition) is 7. The van der Waals surface area contributed by atoms with E-state index in [0.29, 0.717) is 26.2 Å². The summed E-state index contributed by atoms with van der Waals surface area (Å²) in [5, 5.41) is 0. The van der Waals surface area contributed by atoms with Gasteiger partial charge in [-0.05, 0) is 47.9 Å². The molecule has 0 unspecified atom stereocenters. The van der Waals surface area contributed by atoms with Crippen molar-refractivity contribution in [3.63, 3.8) is 0 Å². The quantitative estimate of drug-likeness (QED) is 0.299. The van der Waals surface area contributed by atoms with E-state index >= 15 is 0 Å². The number of carbonyl (C=O) groups excluding carboxylic acids is 2. The molecule has 194 valence electrons. The van der Waals surface area contributed by atoms with Crippen molar-refractivity contribution in [2.75, 3.05) is 37.7 Å². The maximum atomic E-state index is 11.1. The fourth-order valence-electron chi connectivity index (χ4n) is 3.84. The number of pyridine rings is 2. The summed E-state index contributed by atoms with van der Waals surface area (Å²) >= 11 is 0. The van der Waals surface area contributed by atoms with Crippen LogP contribution >= 0.6 is 0 Å². The second-order valence-corrected chi connectivity index (χ2v) is 8.64. The normalized spacial score (nSPS) is 10.9. The first-order chi connectivity index (χ1) is 17.9. The zero-order valence-corrected chi connectivity index (χ0v) is 21.7. The standard InChI is InChI=1S/C29H35N4O4/c1-22-10-13-31-28(20-22)29-21-26(11-14-33(29)15-12-30)5-4-25-6-8-27(9-7-25)32(16-18-36-23(2)34)17-19-37-24(3)35/h4-11,13-14,20-21H,12,15-19,30H2,1-3H3/q+1. The van der Waals surface area contributed by atoms with Gasteiger partial charge in [0.25, 0.3) is 0 Å². The van der Waals surface area contributed by atoms with Gasteiger partial charge in [-0.15, -0.1) is 0 Å². The predicted octanol–water partition coefficient (Wildman–Crippen LogP) is 3.41. The lowest BCUT2D eigenvalue weighted by atomic mass is 10.1. The molecule has 8 heteroatoms. The lowest BCUT2D eigenvalue weighted by Gasteiger charge is -2.24. The smallest absolute Gasteiger partial charge is 0.302 e. The van der Waals surface area contributed by atoms with Crippen LogP contribution < -0.4 is 15.2 Å². The highest BCUT2D eigenvalue weighted by atomic mass is 16.5. The number of nitrogens with two attached hydrogens (primary N) is 1. The van der Waals surface area contributed by atoms with E-state index < -0.39 is 0 Å². The molecule has 3 rings (SSSR count). The van der Waals surface area contributed by atoms with E-state index in [4.69, 9.17) is 15.2 Å². The molecule has 0 radical (unpaired) electrons. The number of hydrogen-bond donors (Lipinski definition) is 1. The molecule has 0 bridgehead atoms. The monoisotopic (exact) mass is 503 g/mol. The average Bonchev–Trinajstić information content (AvgIpc) is 2.87. The summed E-state index contributed by atoms with van der Waals surface area (Å²) in [5.74, 6) is -0.646. The molecule has 37 heavy (non-hydrogen) atoms. The molecule has 2 aromatic heterocycles. The highest BCUT2D eigenvalue weighted by Gasteiger charge is 2.14. The third kappa shape index (κ3) is 8.84. The van der Waals surface area contributed by atoms with Crippen molar-refractivity contribution in [3.05, 3.63) is 77.6 Å². The van der Waals surface area contributed by atoms with Gasteiger partial charge in [-0.3, -0.25) is 9.59 Å². The Morgan fingerprint density at radius 2 is 1.59 bits per heavy atom. The molecular formula is C29H35N4O4+. The van der Waals surface area contributed by atoms with Gasteiger partial charge in [0, 0.05) is 37.9 Å². The third-order valence-electron chi connectivity index (χ3n) is 5.67. The lowest BCUT2D eigenvalue weighted by molar-refractivity contribution is -0.683. The average molecular weight is 504 g/mol. The number of aromatic nitrogens is 2. The van der Waals surface area contributed by atoms with E-state index in [2.05, 4.69) is 46.8 Å². The van der Waals surface area contributed by atoms with Gasteiger partial charge in [-0.25, -0.2) is 4.98 Å². The number of benzene rings is 1. The molecule has 0 aliphatic rings. The van der Waals surface area contributed by atoms with Crippen LogP contribution in [0.5, 0.6) is 0 Å². The number of esters is 2. The molecule has 0 saturated heterocycles. The van der Waals surface area contributed by atoms with Gasteiger partial charge in [0.1, 0.15) is 18.9 Å². The Morgan fingerprint density at radius 1 is 0.946 bits per heavy atom. The van der Waals surface area contributed by atoms with Gasteiger partial charge in [0.2, 0.25) is 5.69 Å². The molecule has 0 saturated carbocycles. The van der Waals surface area contributed by atoms with E-state index in [9.17, 15) is 9.59 Å². The van der Waals surface area contributed by atoms with Crippen molar-refractivity contribution in [2.24, 2.45) is 5.73 Å². The number of anilines is 1. The second-order valence-electron chi connectivity index (χ2n) is 8.64. The fraction of sp³-hybridized carbons (Fsp3) is 0.310. The number of carbonyl (C=O) groups is 2. The van der Waals surface area contributed by atoms with Crippen molar-refractivity contribution in [2.45, 2.75) is 27.3 Å². The Morgan fingerprint density at radius 3 is 2.19 bits per heavy atom. The van der Waals surface area contributed by atoms with Gasteiger partial charge < -0.3 is 20.1 Å². The lowest BCUT2D eigenvalue weighted by Crippen LogP contribution is -2.39. The van der Waals surface area contributed by atoms with Crippen LogP contribution in [-0.2, 0) is 25.6 Å². The second kappa shape index (κ2) is 13.9. The van der Waals surface area contributed by atoms with Crippen molar-refractivity contribution >= 4 is 29.8 Å². The van der Waals surface area contributed by atoms with Crippen LogP contribution in [0, 0.1) is 6.92 Å². The first-order valence-electron chi connectivity index (χ1n) is 12.3. The topological polar surface area (TPSA) is 98.6 Å². The van der Waals surface area contributed by atoms with E-state index in [-0.39, 0.29) is 25.2 Å². The van der Waals surface area contributed by atoms with Gasteiger partial charge >= 0.3 is 11.9 Å². The summed E-state index contributed by atoms with van der Waals surface area (Å²) in [4.78, 5) is 28.9. The molecular weight excluding hydrogens is 468 g/mol. The molecule has 0 fully saturated rings. The number of rotatable bonds is 12. The van der Waals surface area contributed by atoms with Crippen molar-refractivity contribution in [1.82, 2.24) is 4.98 Å². The van der Waals surface area contributed by atoms with Gasteiger partial charge in [0.05, 0.1) is 19.6 Å². The van der Waals surface area contributed by atoms with Crippen molar-refractivity contribution in [3.8, 4) is 11.4 Å². The molecule has 0 amide bonds. The highest BCUT2D eigenvalue weighted by molar-refractivity contribution is 5.72. The summed E-state index contributed by atoms with van der Waals surface area (Å²) in [6.07, 6.45) is 7.99. The van der Waals surface area contributed by atoms with E-state index in [0.717, 1.165) is 33.8 Å². The van der Waals surface area contributed by atoms with E-state index in [1.165, 1.54) is 13.8 Å². The molecule has 3 aromatic rings. The fourth-order valence-corrected chi connectivity index (χ4v) is 3.84. The van der Waals surface area contributed by atoms with Gasteiger partial charge in [-0.1, -0.05) is 24.3 Å². The molecule has 0 aliphatic carbocycles. The summed E-state index contributed by atoms with van der Waals surface area (Å²) in [7, 11) is 0. The maximum absolute atomic E-state index is 11.1. The molecule has 2 heterocycles. The molecule has 0 atom stereocenters. The van der Waals surface area contributed by atoms with Gasteiger partial charge in [-0.2, -0.15) is 4.57 Å². The van der Waals surface area contributed by atoms with Crippen LogP contribution in [0.25, 0.3) is 23.5 Å². The third-order valence-corrected chi connectivity index (χ3v) is 5.67. The number of nitrogens with zero attached hydrogens (tertiary/aromatic N) is 3. The Labute approximate surface area is 218 Å². The minimum absolute atomic E-state index is 0.257. The molecule has 0 aliphatic heterocycles. The predicted molar refractivity (Wildman–Crippen MR) is 145 cm³/mol. The Bertz CT molecular complexity index is 1200. The zero-order valence-electron chi connectivity index (χ0n) is 21.7. The highest BCUT2D eigenvalue weighted by Crippen LogP contribution is 2.19. The van der Waals surface area contributed by atoms with Crippen molar-refractivity contribution in [1.29, 1.82) is 0 Å². The summed E-state index contributed by atoms with van der Waals surface area (Å²) < 4.78 is 12.3. The van der Waals surface area contributed by atoms with Crippen LogP contribution in [0.15, 0.2) is 60.9 Å². The van der Waals surface area contributed by atoms with Gasteiger partial charge in [0.15, 0.2) is 12.7 Å². The molecule has 2 N–H and O–H groups in total. The Kier molecular flexibility index (Phi) is 10.3. The summed E-state index contributed by atoms with van der Waals surface area (Å²) in [5.41, 5.74) is 11.9. The largest absolute Gasteiger partial charge is 0.464 e. The first-order valence-corrected chi connectivity index (χ1v) is 12.3. The van der Waals surface area contributed by atoms with Crippen LogP contribution in [0.3, 0.4) is 0 Å². The molecule has 1 aromatic carbocycles. The SMILES string of the molecule is CC(=O)OCCN(CCOC(C)=O)c1ccc(/C=C/c2cc[n+](CCN)c(-c3cc(C)ccn3)c2)cc1. The summed E-state index contributed by atoms with van der Waals surface area (Å²) in [6.45, 7) is 7.59. The molecule has 8 nitrogen and oxygen atoms in total. The number of aryl methyl sites for hydroxylation is 1. The van der Waals surface area contributed by atoms with Crippen LogP contribution in [0.2, 0.25) is 0 Å². The maximum Gasteiger partial charge on any atom is 0.302 e. The van der Waals surface area contributed by atoms with Crippen molar-refractivity contribution < 1.29 is 23.6 Å². The van der Waals surface area contributed by atoms with Crippen LogP contribution in [0.1, 0.15) is 30.5 Å². The van der Waals surface area contributed by atoms with E-state index in [1.807, 2.05) is 47.6 Å².